The third-order valence-corrected chi connectivity index (χ3v) is 4.11. The van der Waals surface area contributed by atoms with Gasteiger partial charge in [0.2, 0.25) is 5.88 Å². The molecular formula is C17H21N5O2. The molecule has 1 aliphatic rings. The van der Waals surface area contributed by atoms with Gasteiger partial charge in [-0.15, -0.1) is 0 Å². The lowest BCUT2D eigenvalue weighted by molar-refractivity contribution is 0.116. The Labute approximate surface area is 141 Å². The normalized spacial score (nSPS) is 18.2. The van der Waals surface area contributed by atoms with E-state index >= 15 is 0 Å². The van der Waals surface area contributed by atoms with Gasteiger partial charge < -0.3 is 14.5 Å². The highest BCUT2D eigenvalue weighted by Crippen LogP contribution is 2.25. The third-order valence-electron chi connectivity index (χ3n) is 4.11. The quantitative estimate of drug-likeness (QED) is 0.934. The number of methoxy groups -OCH3 is 1. The molecule has 0 bridgehead atoms. The van der Waals surface area contributed by atoms with E-state index in [1.54, 1.807) is 6.07 Å². The summed E-state index contributed by atoms with van der Waals surface area (Å²) in [5.41, 5.74) is 1.12. The van der Waals surface area contributed by atoms with Crippen molar-refractivity contribution < 1.29 is 9.53 Å². The standard InChI is InChI=1S/C17H21N5O2/c1-21-8-9-22(14(11-21)13-6-4-3-5-7-13)17(23)20-15-10-16(24-2)19-12-18-15/h3-7,10,12,14H,8-9,11H2,1-2H3,(H,18,19,20,23). The summed E-state index contributed by atoms with van der Waals surface area (Å²) in [6.07, 6.45) is 1.37. The van der Waals surface area contributed by atoms with Crippen molar-refractivity contribution in [2.45, 2.75) is 6.04 Å². The number of aromatic nitrogens is 2. The van der Waals surface area contributed by atoms with Crippen molar-refractivity contribution in [2.24, 2.45) is 0 Å². The fourth-order valence-corrected chi connectivity index (χ4v) is 2.82. The maximum absolute atomic E-state index is 12.8. The van der Waals surface area contributed by atoms with E-state index in [1.165, 1.54) is 13.4 Å². The van der Waals surface area contributed by atoms with E-state index in [9.17, 15) is 4.79 Å². The van der Waals surface area contributed by atoms with Gasteiger partial charge in [0.05, 0.1) is 13.2 Å². The van der Waals surface area contributed by atoms with Gasteiger partial charge in [-0.2, -0.15) is 0 Å². The Morgan fingerprint density at radius 2 is 2.04 bits per heavy atom. The number of nitrogens with zero attached hydrogens (tertiary/aromatic N) is 4. The Bertz CT molecular complexity index is 694. The second-order valence-corrected chi connectivity index (χ2v) is 5.76. The predicted molar refractivity (Wildman–Crippen MR) is 91.0 cm³/mol. The Morgan fingerprint density at radius 1 is 1.25 bits per heavy atom. The van der Waals surface area contributed by atoms with E-state index in [1.807, 2.05) is 23.1 Å². The number of hydrogen-bond acceptors (Lipinski definition) is 5. The van der Waals surface area contributed by atoms with Crippen LogP contribution >= 0.6 is 0 Å². The number of hydrogen-bond donors (Lipinski definition) is 1. The predicted octanol–water partition coefficient (Wildman–Crippen LogP) is 2.01. The molecule has 2 heterocycles. The number of ether oxygens (including phenoxy) is 1. The first-order valence-electron chi connectivity index (χ1n) is 7.84. The van der Waals surface area contributed by atoms with Crippen molar-refractivity contribution in [3.63, 3.8) is 0 Å². The van der Waals surface area contributed by atoms with Crippen molar-refractivity contribution >= 4 is 11.8 Å². The van der Waals surface area contributed by atoms with Gasteiger partial charge in [0.1, 0.15) is 12.1 Å². The second kappa shape index (κ2) is 7.27. The Kier molecular flexibility index (Phi) is 4.90. The minimum Gasteiger partial charge on any atom is -0.481 e. The van der Waals surface area contributed by atoms with Gasteiger partial charge in [-0.25, -0.2) is 14.8 Å². The Balaban J connectivity index is 1.78. The molecule has 0 radical (unpaired) electrons. The smallest absolute Gasteiger partial charge is 0.323 e. The molecule has 1 saturated heterocycles. The number of carbonyl (C=O) groups excluding carboxylic acids is 1. The average molecular weight is 327 g/mol. The van der Waals surface area contributed by atoms with E-state index < -0.39 is 0 Å². The summed E-state index contributed by atoms with van der Waals surface area (Å²) in [6, 6.07) is 11.5. The van der Waals surface area contributed by atoms with Crippen LogP contribution in [-0.4, -0.2) is 59.6 Å². The van der Waals surface area contributed by atoms with Crippen LogP contribution in [0.25, 0.3) is 0 Å². The summed E-state index contributed by atoms with van der Waals surface area (Å²) in [6.45, 7) is 2.29. The molecule has 1 atom stereocenters. The van der Waals surface area contributed by atoms with E-state index in [4.69, 9.17) is 4.74 Å². The average Bonchev–Trinajstić information content (AvgIpc) is 2.62. The number of benzene rings is 1. The Hall–Kier alpha value is -2.67. The molecule has 0 aliphatic carbocycles. The molecular weight excluding hydrogens is 306 g/mol. The van der Waals surface area contributed by atoms with Crippen LogP contribution in [-0.2, 0) is 0 Å². The lowest BCUT2D eigenvalue weighted by Gasteiger charge is -2.40. The van der Waals surface area contributed by atoms with Crippen molar-refractivity contribution in [2.75, 3.05) is 39.1 Å². The van der Waals surface area contributed by atoms with Gasteiger partial charge >= 0.3 is 6.03 Å². The topological polar surface area (TPSA) is 70.6 Å². The van der Waals surface area contributed by atoms with E-state index in [0.717, 1.165) is 18.7 Å². The molecule has 1 aromatic carbocycles. The van der Waals surface area contributed by atoms with Crippen molar-refractivity contribution in [3.8, 4) is 5.88 Å². The molecule has 1 aliphatic heterocycles. The molecule has 7 nitrogen and oxygen atoms in total. The van der Waals surface area contributed by atoms with Crippen LogP contribution in [0.4, 0.5) is 10.6 Å². The lowest BCUT2D eigenvalue weighted by atomic mass is 10.0. The molecule has 1 aromatic heterocycles. The van der Waals surface area contributed by atoms with Gasteiger partial charge in [0.15, 0.2) is 0 Å². The number of urea groups is 1. The van der Waals surface area contributed by atoms with E-state index in [0.29, 0.717) is 18.2 Å². The summed E-state index contributed by atoms with van der Waals surface area (Å²) in [5.74, 6) is 0.843. The molecule has 3 rings (SSSR count). The highest BCUT2D eigenvalue weighted by Gasteiger charge is 2.30. The van der Waals surface area contributed by atoms with E-state index in [2.05, 4.69) is 39.4 Å². The number of carbonyl (C=O) groups is 1. The molecule has 7 heteroatoms. The number of likely N-dealkylation sites (N-methyl/N-ethyl adjacent to an activating group) is 1. The minimum absolute atomic E-state index is 0.00804. The maximum Gasteiger partial charge on any atom is 0.323 e. The molecule has 1 fully saturated rings. The lowest BCUT2D eigenvalue weighted by Crippen LogP contribution is -2.50. The molecule has 2 aromatic rings. The third kappa shape index (κ3) is 3.62. The van der Waals surface area contributed by atoms with E-state index in [-0.39, 0.29) is 12.1 Å². The fraction of sp³-hybridized carbons (Fsp3) is 0.353. The zero-order valence-electron chi connectivity index (χ0n) is 13.8. The SMILES string of the molecule is COc1cc(NC(=O)N2CCN(C)CC2c2ccccc2)ncn1. The van der Waals surface area contributed by atoms with Gasteiger partial charge in [-0.3, -0.25) is 5.32 Å². The summed E-state index contributed by atoms with van der Waals surface area (Å²) in [5, 5.41) is 2.84. The molecule has 1 N–H and O–H groups in total. The van der Waals surface area contributed by atoms with Crippen LogP contribution in [0.15, 0.2) is 42.7 Å². The molecule has 1 unspecified atom stereocenters. The Morgan fingerprint density at radius 3 is 2.79 bits per heavy atom. The van der Waals surface area contributed by atoms with Crippen molar-refractivity contribution in [1.82, 2.24) is 19.8 Å². The van der Waals surface area contributed by atoms with Gasteiger partial charge in [-0.05, 0) is 12.6 Å². The summed E-state index contributed by atoms with van der Waals surface area (Å²) in [4.78, 5) is 24.9. The first-order chi connectivity index (χ1) is 11.7. The molecule has 0 saturated carbocycles. The zero-order chi connectivity index (χ0) is 16.9. The fourth-order valence-electron chi connectivity index (χ4n) is 2.82. The van der Waals surface area contributed by atoms with Crippen LogP contribution in [0.5, 0.6) is 5.88 Å². The summed E-state index contributed by atoms with van der Waals surface area (Å²) < 4.78 is 5.06. The summed E-state index contributed by atoms with van der Waals surface area (Å²) in [7, 11) is 3.60. The first kappa shape index (κ1) is 16.2. The van der Waals surface area contributed by atoms with Crippen LogP contribution in [0.3, 0.4) is 0 Å². The number of anilines is 1. The number of nitrogens with one attached hydrogen (secondary N) is 1. The van der Waals surface area contributed by atoms with Crippen LogP contribution < -0.4 is 10.1 Å². The van der Waals surface area contributed by atoms with Crippen molar-refractivity contribution in [1.29, 1.82) is 0 Å². The highest BCUT2D eigenvalue weighted by atomic mass is 16.5. The maximum atomic E-state index is 12.8. The number of rotatable bonds is 3. The van der Waals surface area contributed by atoms with Crippen LogP contribution in [0.1, 0.15) is 11.6 Å². The van der Waals surface area contributed by atoms with Crippen LogP contribution in [0, 0.1) is 0 Å². The molecule has 126 valence electrons. The number of piperazine rings is 1. The highest BCUT2D eigenvalue weighted by molar-refractivity contribution is 5.88. The van der Waals surface area contributed by atoms with Crippen molar-refractivity contribution in [3.05, 3.63) is 48.3 Å². The monoisotopic (exact) mass is 327 g/mol. The van der Waals surface area contributed by atoms with Gasteiger partial charge in [-0.1, -0.05) is 30.3 Å². The minimum atomic E-state index is -0.169. The zero-order valence-corrected chi connectivity index (χ0v) is 13.8. The van der Waals surface area contributed by atoms with Gasteiger partial charge in [0.25, 0.3) is 0 Å². The largest absolute Gasteiger partial charge is 0.481 e. The summed E-state index contributed by atoms with van der Waals surface area (Å²) >= 11 is 0. The van der Waals surface area contributed by atoms with Gasteiger partial charge in [0, 0.05) is 25.7 Å². The van der Waals surface area contributed by atoms with Crippen LogP contribution in [0.2, 0.25) is 0 Å². The second-order valence-electron chi connectivity index (χ2n) is 5.76. The molecule has 0 spiro atoms. The molecule has 2 amide bonds. The first-order valence-corrected chi connectivity index (χ1v) is 7.84. The number of amides is 2. The molecule has 24 heavy (non-hydrogen) atoms.